The lowest BCUT2D eigenvalue weighted by molar-refractivity contribution is 0.117. The number of methoxy groups -OCH3 is 1. The minimum absolute atomic E-state index is 0.0296. The smallest absolute Gasteiger partial charge is 0.119 e. The molecule has 20 heavy (non-hydrogen) atoms. The van der Waals surface area contributed by atoms with Gasteiger partial charge < -0.3 is 19.9 Å². The van der Waals surface area contributed by atoms with Crippen LogP contribution in [0.3, 0.4) is 0 Å². The number of aliphatic hydroxyl groups is 1. The number of benzene rings is 1. The molecular formula is C16H27NO3. The van der Waals surface area contributed by atoms with Gasteiger partial charge in [0.25, 0.3) is 0 Å². The standard InChI is InChI=1S/C16H27NO3/c1-5-15(17-10-11-19-4)16(18)13-6-8-14(9-7-13)20-12(2)3/h6-9,12,15-18H,5,10-11H2,1-4H3. The Bertz CT molecular complexity index is 364. The summed E-state index contributed by atoms with van der Waals surface area (Å²) in [6.45, 7) is 7.43. The Kier molecular flexibility index (Phi) is 7.59. The Labute approximate surface area is 122 Å². The molecule has 4 nitrogen and oxygen atoms in total. The molecule has 0 fully saturated rings. The molecule has 0 spiro atoms. The van der Waals surface area contributed by atoms with Crippen molar-refractivity contribution < 1.29 is 14.6 Å². The minimum atomic E-state index is -0.523. The molecular weight excluding hydrogens is 254 g/mol. The van der Waals surface area contributed by atoms with E-state index in [1.54, 1.807) is 7.11 Å². The van der Waals surface area contributed by atoms with E-state index in [4.69, 9.17) is 9.47 Å². The lowest BCUT2D eigenvalue weighted by atomic mass is 10.00. The Morgan fingerprint density at radius 3 is 2.35 bits per heavy atom. The molecule has 0 aromatic heterocycles. The molecule has 0 aliphatic carbocycles. The van der Waals surface area contributed by atoms with Crippen molar-refractivity contribution in [1.29, 1.82) is 0 Å². The summed E-state index contributed by atoms with van der Waals surface area (Å²) in [5, 5.41) is 13.7. The molecule has 2 N–H and O–H groups in total. The van der Waals surface area contributed by atoms with Crippen LogP contribution in [0, 0.1) is 0 Å². The van der Waals surface area contributed by atoms with Crippen LogP contribution in [0.15, 0.2) is 24.3 Å². The lowest BCUT2D eigenvalue weighted by Gasteiger charge is -2.23. The zero-order valence-electron chi connectivity index (χ0n) is 12.9. The normalized spacial score (nSPS) is 14.3. The molecule has 2 unspecified atom stereocenters. The van der Waals surface area contributed by atoms with E-state index in [-0.39, 0.29) is 12.1 Å². The van der Waals surface area contributed by atoms with Crippen LogP contribution in [0.1, 0.15) is 38.9 Å². The molecule has 0 saturated carbocycles. The van der Waals surface area contributed by atoms with Crippen molar-refractivity contribution in [3.63, 3.8) is 0 Å². The first-order valence-electron chi connectivity index (χ1n) is 7.25. The largest absolute Gasteiger partial charge is 0.491 e. The highest BCUT2D eigenvalue weighted by atomic mass is 16.5. The number of nitrogens with one attached hydrogen (secondary N) is 1. The summed E-state index contributed by atoms with van der Waals surface area (Å²) in [7, 11) is 1.67. The maximum Gasteiger partial charge on any atom is 0.119 e. The van der Waals surface area contributed by atoms with Gasteiger partial charge in [0.15, 0.2) is 0 Å². The van der Waals surface area contributed by atoms with Gasteiger partial charge in [0.2, 0.25) is 0 Å². The number of ether oxygens (including phenoxy) is 2. The van der Waals surface area contributed by atoms with Crippen LogP contribution < -0.4 is 10.1 Å². The fourth-order valence-electron chi connectivity index (χ4n) is 2.07. The fourth-order valence-corrected chi connectivity index (χ4v) is 2.07. The molecule has 2 atom stereocenters. The van der Waals surface area contributed by atoms with Crippen LogP contribution in [0.5, 0.6) is 5.75 Å². The van der Waals surface area contributed by atoms with Gasteiger partial charge in [-0.15, -0.1) is 0 Å². The van der Waals surface area contributed by atoms with Crippen LogP contribution in [0.25, 0.3) is 0 Å². The van der Waals surface area contributed by atoms with Crippen LogP contribution in [-0.2, 0) is 4.74 Å². The molecule has 4 heteroatoms. The van der Waals surface area contributed by atoms with E-state index in [0.29, 0.717) is 6.61 Å². The molecule has 114 valence electrons. The van der Waals surface area contributed by atoms with Crippen molar-refractivity contribution in [3.8, 4) is 5.75 Å². The molecule has 0 radical (unpaired) electrons. The van der Waals surface area contributed by atoms with E-state index in [1.807, 2.05) is 38.1 Å². The molecule has 0 saturated heterocycles. The molecule has 0 aliphatic rings. The Balaban J connectivity index is 2.62. The van der Waals surface area contributed by atoms with E-state index in [1.165, 1.54) is 0 Å². The Hall–Kier alpha value is -1.10. The van der Waals surface area contributed by atoms with Gasteiger partial charge in [-0.1, -0.05) is 19.1 Å². The Morgan fingerprint density at radius 2 is 1.85 bits per heavy atom. The van der Waals surface area contributed by atoms with E-state index in [2.05, 4.69) is 12.2 Å². The third-order valence-corrected chi connectivity index (χ3v) is 3.13. The van der Waals surface area contributed by atoms with Crippen LogP contribution in [-0.4, -0.2) is 37.5 Å². The molecule has 0 aliphatic heterocycles. The summed E-state index contributed by atoms with van der Waals surface area (Å²) in [5.74, 6) is 0.830. The van der Waals surface area contributed by atoms with Crippen molar-refractivity contribution in [2.75, 3.05) is 20.3 Å². The van der Waals surface area contributed by atoms with Gasteiger partial charge in [0.1, 0.15) is 5.75 Å². The van der Waals surface area contributed by atoms with Gasteiger partial charge in [-0.05, 0) is 38.0 Å². The first-order valence-corrected chi connectivity index (χ1v) is 7.25. The van der Waals surface area contributed by atoms with Crippen LogP contribution in [0.4, 0.5) is 0 Å². The molecule has 0 bridgehead atoms. The highest BCUT2D eigenvalue weighted by molar-refractivity contribution is 5.29. The van der Waals surface area contributed by atoms with Crippen molar-refractivity contribution in [2.24, 2.45) is 0 Å². The van der Waals surface area contributed by atoms with Crippen molar-refractivity contribution in [2.45, 2.75) is 45.4 Å². The van der Waals surface area contributed by atoms with E-state index in [9.17, 15) is 5.11 Å². The third-order valence-electron chi connectivity index (χ3n) is 3.13. The number of hydrogen-bond donors (Lipinski definition) is 2. The summed E-state index contributed by atoms with van der Waals surface area (Å²) < 4.78 is 10.6. The van der Waals surface area contributed by atoms with E-state index in [0.717, 1.165) is 24.3 Å². The van der Waals surface area contributed by atoms with E-state index >= 15 is 0 Å². The zero-order valence-corrected chi connectivity index (χ0v) is 12.9. The number of hydrogen-bond acceptors (Lipinski definition) is 4. The molecule has 1 rings (SSSR count). The summed E-state index contributed by atoms with van der Waals surface area (Å²) >= 11 is 0. The second-order valence-corrected chi connectivity index (χ2v) is 5.14. The summed E-state index contributed by atoms with van der Waals surface area (Å²) in [6, 6.07) is 7.68. The summed E-state index contributed by atoms with van der Waals surface area (Å²) in [4.78, 5) is 0. The monoisotopic (exact) mass is 281 g/mol. The zero-order chi connectivity index (χ0) is 15.0. The third kappa shape index (κ3) is 5.49. The van der Waals surface area contributed by atoms with Crippen molar-refractivity contribution in [3.05, 3.63) is 29.8 Å². The average Bonchev–Trinajstić information content (AvgIpc) is 2.43. The highest BCUT2D eigenvalue weighted by Crippen LogP contribution is 2.22. The van der Waals surface area contributed by atoms with E-state index < -0.39 is 6.10 Å². The first kappa shape index (κ1) is 17.0. The maximum atomic E-state index is 10.4. The first-order chi connectivity index (χ1) is 9.58. The van der Waals surface area contributed by atoms with Gasteiger partial charge in [0, 0.05) is 19.7 Å². The van der Waals surface area contributed by atoms with Gasteiger partial charge >= 0.3 is 0 Å². The molecule has 1 aromatic rings. The minimum Gasteiger partial charge on any atom is -0.491 e. The maximum absolute atomic E-state index is 10.4. The van der Waals surface area contributed by atoms with Crippen molar-refractivity contribution >= 4 is 0 Å². The van der Waals surface area contributed by atoms with Gasteiger partial charge in [-0.25, -0.2) is 0 Å². The fraction of sp³-hybridized carbons (Fsp3) is 0.625. The van der Waals surface area contributed by atoms with Crippen LogP contribution >= 0.6 is 0 Å². The van der Waals surface area contributed by atoms with Crippen molar-refractivity contribution in [1.82, 2.24) is 5.32 Å². The lowest BCUT2D eigenvalue weighted by Crippen LogP contribution is -2.36. The predicted molar refractivity (Wildman–Crippen MR) is 81.1 cm³/mol. The topological polar surface area (TPSA) is 50.7 Å². The highest BCUT2D eigenvalue weighted by Gasteiger charge is 2.18. The summed E-state index contributed by atoms with van der Waals surface area (Å²) in [5.41, 5.74) is 0.901. The number of rotatable bonds is 9. The molecule has 0 amide bonds. The Morgan fingerprint density at radius 1 is 1.20 bits per heavy atom. The quantitative estimate of drug-likeness (QED) is 0.683. The molecule has 0 heterocycles. The average molecular weight is 281 g/mol. The summed E-state index contributed by atoms with van der Waals surface area (Å²) in [6.07, 6.45) is 0.490. The van der Waals surface area contributed by atoms with Gasteiger partial charge in [-0.2, -0.15) is 0 Å². The molecule has 1 aromatic carbocycles. The van der Waals surface area contributed by atoms with Gasteiger partial charge in [-0.3, -0.25) is 0 Å². The SMILES string of the molecule is CCC(NCCOC)C(O)c1ccc(OC(C)C)cc1. The predicted octanol–water partition coefficient (Wildman–Crippen LogP) is 2.52. The second-order valence-electron chi connectivity index (χ2n) is 5.14. The second kappa shape index (κ2) is 8.95. The number of aliphatic hydroxyl groups excluding tert-OH is 1. The van der Waals surface area contributed by atoms with Crippen LogP contribution in [0.2, 0.25) is 0 Å². The van der Waals surface area contributed by atoms with Gasteiger partial charge in [0.05, 0.1) is 18.8 Å².